The van der Waals surface area contributed by atoms with Gasteiger partial charge in [-0.25, -0.2) is 0 Å². The molecule has 32 heavy (non-hydrogen) atoms. The highest BCUT2D eigenvalue weighted by molar-refractivity contribution is 5.68. The second kappa shape index (κ2) is 9.40. The van der Waals surface area contributed by atoms with Crippen LogP contribution in [0, 0.1) is 6.92 Å². The van der Waals surface area contributed by atoms with Crippen molar-refractivity contribution in [1.29, 1.82) is 0 Å². The van der Waals surface area contributed by atoms with Crippen LogP contribution in [0.2, 0.25) is 0 Å². The Morgan fingerprint density at radius 2 is 1.56 bits per heavy atom. The van der Waals surface area contributed by atoms with Crippen molar-refractivity contribution in [3.8, 4) is 22.5 Å². The standard InChI is InChI=1S/C26H24F3N3/c1-18-5-7-19(8-6-18)13-14-30-17-20-9-11-21(12-10-20)24-16-25(32-31-24)22-3-2-4-23(15-22)26(27,28)29/h2-12,15-16,30H,13-14,17H2,1H3,(H,31,32). The monoisotopic (exact) mass is 435 g/mol. The van der Waals surface area contributed by atoms with E-state index in [4.69, 9.17) is 0 Å². The lowest BCUT2D eigenvalue weighted by Gasteiger charge is -2.07. The van der Waals surface area contributed by atoms with Crippen LogP contribution < -0.4 is 5.32 Å². The van der Waals surface area contributed by atoms with Crippen LogP contribution in [0.15, 0.2) is 78.9 Å². The van der Waals surface area contributed by atoms with Crippen molar-refractivity contribution >= 4 is 0 Å². The minimum absolute atomic E-state index is 0.452. The van der Waals surface area contributed by atoms with Gasteiger partial charge in [0.1, 0.15) is 0 Å². The molecule has 3 aromatic carbocycles. The number of aromatic amines is 1. The van der Waals surface area contributed by atoms with E-state index in [1.807, 2.05) is 24.3 Å². The van der Waals surface area contributed by atoms with Gasteiger partial charge < -0.3 is 5.32 Å². The van der Waals surface area contributed by atoms with Crippen molar-refractivity contribution in [3.63, 3.8) is 0 Å². The first-order valence-corrected chi connectivity index (χ1v) is 10.5. The van der Waals surface area contributed by atoms with Gasteiger partial charge in [0.2, 0.25) is 0 Å². The average Bonchev–Trinajstić information content (AvgIpc) is 3.28. The Bertz CT molecular complexity index is 1160. The van der Waals surface area contributed by atoms with Crippen molar-refractivity contribution in [2.75, 3.05) is 6.54 Å². The van der Waals surface area contributed by atoms with Gasteiger partial charge in [-0.1, -0.05) is 66.2 Å². The smallest absolute Gasteiger partial charge is 0.312 e. The van der Waals surface area contributed by atoms with Gasteiger partial charge in [-0.15, -0.1) is 0 Å². The Balaban J connectivity index is 1.35. The molecule has 0 saturated carbocycles. The Morgan fingerprint density at radius 3 is 2.28 bits per heavy atom. The molecule has 164 valence electrons. The summed E-state index contributed by atoms with van der Waals surface area (Å²) in [5.41, 5.74) is 5.66. The molecule has 4 aromatic rings. The van der Waals surface area contributed by atoms with Crippen molar-refractivity contribution < 1.29 is 13.2 Å². The summed E-state index contributed by atoms with van der Waals surface area (Å²) < 4.78 is 38.9. The van der Waals surface area contributed by atoms with Crippen molar-refractivity contribution in [3.05, 3.63) is 101 Å². The minimum atomic E-state index is -4.37. The molecule has 0 aliphatic rings. The molecule has 0 unspecified atom stereocenters. The summed E-state index contributed by atoms with van der Waals surface area (Å²) in [5, 5.41) is 10.6. The largest absolute Gasteiger partial charge is 0.416 e. The number of alkyl halides is 3. The number of hydrogen-bond acceptors (Lipinski definition) is 2. The first kappa shape index (κ1) is 21.8. The molecule has 0 fully saturated rings. The molecule has 4 rings (SSSR count). The molecule has 0 amide bonds. The minimum Gasteiger partial charge on any atom is -0.312 e. The number of rotatable bonds is 7. The third kappa shape index (κ3) is 5.45. The van der Waals surface area contributed by atoms with Gasteiger partial charge in [-0.3, -0.25) is 5.10 Å². The number of aromatic nitrogens is 2. The average molecular weight is 435 g/mol. The quantitative estimate of drug-likeness (QED) is 0.330. The highest BCUT2D eigenvalue weighted by atomic mass is 19.4. The Kier molecular flexibility index (Phi) is 6.42. The molecule has 0 aliphatic carbocycles. The lowest BCUT2D eigenvalue weighted by atomic mass is 10.1. The fraction of sp³-hybridized carbons (Fsp3) is 0.192. The summed E-state index contributed by atoms with van der Waals surface area (Å²) in [6.07, 6.45) is -3.40. The fourth-order valence-corrected chi connectivity index (χ4v) is 3.49. The van der Waals surface area contributed by atoms with E-state index in [-0.39, 0.29) is 0 Å². The van der Waals surface area contributed by atoms with Crippen molar-refractivity contribution in [1.82, 2.24) is 15.5 Å². The van der Waals surface area contributed by atoms with E-state index < -0.39 is 11.7 Å². The zero-order valence-corrected chi connectivity index (χ0v) is 17.7. The van der Waals surface area contributed by atoms with Crippen LogP contribution in [-0.2, 0) is 19.1 Å². The van der Waals surface area contributed by atoms with E-state index in [1.54, 1.807) is 12.1 Å². The zero-order chi connectivity index (χ0) is 22.6. The summed E-state index contributed by atoms with van der Waals surface area (Å²) in [6.45, 7) is 3.74. The SMILES string of the molecule is Cc1ccc(CCNCc2ccc(-c3cc(-c4cccc(C(F)(F)F)c4)[nH]n3)cc2)cc1. The molecule has 0 spiro atoms. The van der Waals surface area contributed by atoms with Gasteiger partial charge in [0, 0.05) is 17.7 Å². The van der Waals surface area contributed by atoms with Gasteiger partial charge in [-0.2, -0.15) is 18.3 Å². The lowest BCUT2D eigenvalue weighted by molar-refractivity contribution is -0.137. The maximum absolute atomic E-state index is 13.0. The third-order valence-corrected chi connectivity index (χ3v) is 5.37. The maximum Gasteiger partial charge on any atom is 0.416 e. The number of nitrogens with one attached hydrogen (secondary N) is 2. The van der Waals surface area contributed by atoms with Crippen LogP contribution in [0.25, 0.3) is 22.5 Å². The van der Waals surface area contributed by atoms with Crippen LogP contribution in [0.1, 0.15) is 22.3 Å². The molecular formula is C26H24F3N3. The summed E-state index contributed by atoms with van der Waals surface area (Å²) in [5.74, 6) is 0. The third-order valence-electron chi connectivity index (χ3n) is 5.37. The molecule has 1 aromatic heterocycles. The van der Waals surface area contributed by atoms with E-state index in [0.717, 1.165) is 42.8 Å². The molecule has 0 bridgehead atoms. The van der Waals surface area contributed by atoms with Crippen LogP contribution >= 0.6 is 0 Å². The molecule has 0 aliphatic heterocycles. The number of hydrogen-bond donors (Lipinski definition) is 2. The summed E-state index contributed by atoms with van der Waals surface area (Å²) in [4.78, 5) is 0. The van der Waals surface area contributed by atoms with Crippen molar-refractivity contribution in [2.45, 2.75) is 26.1 Å². The highest BCUT2D eigenvalue weighted by Gasteiger charge is 2.30. The van der Waals surface area contributed by atoms with Crippen LogP contribution in [-0.4, -0.2) is 16.7 Å². The predicted octanol–water partition coefficient (Wildman–Crippen LogP) is 6.40. The molecule has 1 heterocycles. The second-order valence-corrected chi connectivity index (χ2v) is 7.85. The van der Waals surface area contributed by atoms with E-state index in [2.05, 4.69) is 46.7 Å². The van der Waals surface area contributed by atoms with Gasteiger partial charge in [0.25, 0.3) is 0 Å². The molecule has 3 nitrogen and oxygen atoms in total. The molecule has 0 saturated heterocycles. The molecular weight excluding hydrogens is 411 g/mol. The van der Waals surface area contributed by atoms with E-state index in [9.17, 15) is 13.2 Å². The van der Waals surface area contributed by atoms with Crippen LogP contribution in [0.4, 0.5) is 13.2 Å². The number of nitrogens with zero attached hydrogens (tertiary/aromatic N) is 1. The van der Waals surface area contributed by atoms with Crippen molar-refractivity contribution in [2.24, 2.45) is 0 Å². The van der Waals surface area contributed by atoms with E-state index >= 15 is 0 Å². The van der Waals surface area contributed by atoms with Crippen LogP contribution in [0.3, 0.4) is 0 Å². The first-order valence-electron chi connectivity index (χ1n) is 10.5. The highest BCUT2D eigenvalue weighted by Crippen LogP contribution is 2.32. The number of benzene rings is 3. The zero-order valence-electron chi connectivity index (χ0n) is 17.7. The Labute approximate surface area is 185 Å². The number of H-pyrrole nitrogens is 1. The summed E-state index contributed by atoms with van der Waals surface area (Å²) in [7, 11) is 0. The second-order valence-electron chi connectivity index (χ2n) is 7.85. The fourth-order valence-electron chi connectivity index (χ4n) is 3.49. The van der Waals surface area contributed by atoms with Crippen LogP contribution in [0.5, 0.6) is 0 Å². The molecule has 6 heteroatoms. The lowest BCUT2D eigenvalue weighted by Crippen LogP contribution is -2.16. The topological polar surface area (TPSA) is 40.7 Å². The summed E-state index contributed by atoms with van der Waals surface area (Å²) in [6, 6.07) is 23.6. The molecule has 0 atom stereocenters. The molecule has 0 radical (unpaired) electrons. The van der Waals surface area contributed by atoms with E-state index in [0.29, 0.717) is 17.0 Å². The van der Waals surface area contributed by atoms with Gasteiger partial charge in [0.05, 0.1) is 17.0 Å². The summed E-state index contributed by atoms with van der Waals surface area (Å²) >= 11 is 0. The molecule has 2 N–H and O–H groups in total. The number of halogens is 3. The van der Waals surface area contributed by atoms with Gasteiger partial charge >= 0.3 is 6.18 Å². The van der Waals surface area contributed by atoms with Gasteiger partial charge in [0.15, 0.2) is 0 Å². The Morgan fingerprint density at radius 1 is 0.844 bits per heavy atom. The number of aryl methyl sites for hydroxylation is 1. The Hall–Kier alpha value is -3.38. The predicted molar refractivity (Wildman–Crippen MR) is 121 cm³/mol. The first-order chi connectivity index (χ1) is 15.4. The van der Waals surface area contributed by atoms with E-state index in [1.165, 1.54) is 17.2 Å². The normalized spacial score (nSPS) is 11.6. The van der Waals surface area contributed by atoms with Gasteiger partial charge in [-0.05, 0) is 49.2 Å². The maximum atomic E-state index is 13.0.